The van der Waals surface area contributed by atoms with E-state index in [1.807, 2.05) is 0 Å². The van der Waals surface area contributed by atoms with Gasteiger partial charge in [0.05, 0.1) is 27.4 Å². The van der Waals surface area contributed by atoms with Crippen molar-refractivity contribution < 1.29 is 18.0 Å². The minimum atomic E-state index is -3.88. The van der Waals surface area contributed by atoms with Crippen LogP contribution in [0, 0.1) is 0 Å². The Labute approximate surface area is 180 Å². The van der Waals surface area contributed by atoms with Crippen LogP contribution in [0.5, 0.6) is 0 Å². The van der Waals surface area contributed by atoms with Gasteiger partial charge in [-0.25, -0.2) is 8.42 Å². The molecule has 2 amide bonds. The second-order valence-electron chi connectivity index (χ2n) is 6.46. The molecule has 8 heteroatoms. The van der Waals surface area contributed by atoms with Gasteiger partial charge in [0.2, 0.25) is 0 Å². The maximum atomic E-state index is 13.0. The molecular weight excluding hydrogens is 414 g/mol. The van der Waals surface area contributed by atoms with E-state index in [9.17, 15) is 18.0 Å². The van der Waals surface area contributed by atoms with Crippen molar-refractivity contribution in [2.75, 3.05) is 16.6 Å². The fourth-order valence-corrected chi connectivity index (χ4v) is 3.91. The highest BCUT2D eigenvalue weighted by Gasteiger charge is 2.20. The van der Waals surface area contributed by atoms with Gasteiger partial charge in [-0.3, -0.25) is 14.3 Å². The maximum Gasteiger partial charge on any atom is 0.261 e. The van der Waals surface area contributed by atoms with Gasteiger partial charge in [-0.15, -0.1) is 6.58 Å². The lowest BCUT2D eigenvalue weighted by Gasteiger charge is -2.14. The van der Waals surface area contributed by atoms with Crippen LogP contribution in [0.3, 0.4) is 0 Å². The first kappa shape index (κ1) is 21.8. The molecule has 3 aromatic rings. The molecule has 0 aliphatic rings. The number of nitrogens with one attached hydrogen (secondary N) is 3. The number of hydrogen-bond donors (Lipinski definition) is 3. The smallest absolute Gasteiger partial charge is 0.261 e. The monoisotopic (exact) mass is 435 g/mol. The Kier molecular flexibility index (Phi) is 6.84. The standard InChI is InChI=1S/C23H21N3O4S/c1-2-16-24-22(27)18-12-6-8-14-20(18)25-23(28)19-13-7-9-15-21(19)26-31(29,30)17-10-4-3-5-11-17/h2-15,26H,1,16H2,(H,24,27)(H,25,28). The summed E-state index contributed by atoms with van der Waals surface area (Å²) in [4.78, 5) is 25.4. The molecule has 158 valence electrons. The van der Waals surface area contributed by atoms with Crippen molar-refractivity contribution in [3.63, 3.8) is 0 Å². The molecule has 0 saturated heterocycles. The van der Waals surface area contributed by atoms with Crippen molar-refractivity contribution in [2.24, 2.45) is 0 Å². The van der Waals surface area contributed by atoms with E-state index < -0.39 is 15.9 Å². The van der Waals surface area contributed by atoms with Crippen LogP contribution in [0.4, 0.5) is 11.4 Å². The molecule has 0 radical (unpaired) electrons. The van der Waals surface area contributed by atoms with Crippen molar-refractivity contribution in [1.82, 2.24) is 5.32 Å². The third-order valence-corrected chi connectivity index (χ3v) is 5.68. The normalized spacial score (nSPS) is 10.7. The Morgan fingerprint density at radius 2 is 1.32 bits per heavy atom. The molecule has 7 nitrogen and oxygen atoms in total. The van der Waals surface area contributed by atoms with Crippen LogP contribution in [-0.2, 0) is 10.0 Å². The number of para-hydroxylation sites is 2. The Morgan fingerprint density at radius 1 is 0.774 bits per heavy atom. The topological polar surface area (TPSA) is 104 Å². The highest BCUT2D eigenvalue weighted by molar-refractivity contribution is 7.92. The van der Waals surface area contributed by atoms with E-state index in [4.69, 9.17) is 0 Å². The zero-order valence-corrected chi connectivity index (χ0v) is 17.4. The number of carbonyl (C=O) groups is 2. The average molecular weight is 436 g/mol. The van der Waals surface area contributed by atoms with E-state index in [0.29, 0.717) is 5.69 Å². The highest BCUT2D eigenvalue weighted by Crippen LogP contribution is 2.22. The van der Waals surface area contributed by atoms with Gasteiger partial charge in [0.1, 0.15) is 0 Å². The number of benzene rings is 3. The highest BCUT2D eigenvalue weighted by atomic mass is 32.2. The zero-order valence-electron chi connectivity index (χ0n) is 16.5. The molecule has 0 saturated carbocycles. The van der Waals surface area contributed by atoms with Crippen LogP contribution < -0.4 is 15.4 Å². The largest absolute Gasteiger partial charge is 0.349 e. The van der Waals surface area contributed by atoms with E-state index in [1.54, 1.807) is 60.7 Å². The lowest BCUT2D eigenvalue weighted by molar-refractivity contribution is 0.0959. The quantitative estimate of drug-likeness (QED) is 0.470. The minimum Gasteiger partial charge on any atom is -0.349 e. The van der Waals surface area contributed by atoms with Gasteiger partial charge in [0.25, 0.3) is 21.8 Å². The molecule has 0 fully saturated rings. The van der Waals surface area contributed by atoms with Gasteiger partial charge >= 0.3 is 0 Å². The number of sulfonamides is 1. The molecule has 0 heterocycles. The Morgan fingerprint density at radius 3 is 1.97 bits per heavy atom. The molecule has 0 spiro atoms. The van der Waals surface area contributed by atoms with Crippen molar-refractivity contribution in [1.29, 1.82) is 0 Å². The van der Waals surface area contributed by atoms with Gasteiger partial charge in [0, 0.05) is 6.54 Å². The molecule has 0 unspecified atom stereocenters. The molecule has 0 aliphatic carbocycles. The lowest BCUT2D eigenvalue weighted by atomic mass is 10.1. The molecule has 0 aliphatic heterocycles. The summed E-state index contributed by atoms with van der Waals surface area (Å²) in [5.74, 6) is -0.927. The molecule has 0 bridgehead atoms. The van der Waals surface area contributed by atoms with Crippen LogP contribution in [0.15, 0.2) is 96.4 Å². The second kappa shape index (κ2) is 9.73. The fraction of sp³-hybridized carbons (Fsp3) is 0.0435. The Hall–Kier alpha value is -3.91. The van der Waals surface area contributed by atoms with Crippen molar-refractivity contribution >= 4 is 33.2 Å². The predicted molar refractivity (Wildman–Crippen MR) is 121 cm³/mol. The number of carbonyl (C=O) groups excluding carboxylic acids is 2. The Bertz CT molecular complexity index is 1210. The van der Waals surface area contributed by atoms with Gasteiger partial charge in [-0.05, 0) is 36.4 Å². The first-order chi connectivity index (χ1) is 14.9. The van der Waals surface area contributed by atoms with Gasteiger partial charge in [-0.2, -0.15) is 0 Å². The van der Waals surface area contributed by atoms with Crippen LogP contribution >= 0.6 is 0 Å². The predicted octanol–water partition coefficient (Wildman–Crippen LogP) is 3.66. The van der Waals surface area contributed by atoms with Crippen LogP contribution in [0.1, 0.15) is 20.7 Å². The third kappa shape index (κ3) is 5.37. The van der Waals surface area contributed by atoms with Crippen molar-refractivity contribution in [3.05, 3.63) is 103 Å². The summed E-state index contributed by atoms with van der Waals surface area (Å²) in [5.41, 5.74) is 0.815. The van der Waals surface area contributed by atoms with Gasteiger partial charge in [-0.1, -0.05) is 48.5 Å². The SMILES string of the molecule is C=CCNC(=O)c1ccccc1NC(=O)c1ccccc1NS(=O)(=O)c1ccccc1. The first-order valence-electron chi connectivity index (χ1n) is 9.39. The summed E-state index contributed by atoms with van der Waals surface area (Å²) in [6, 6.07) is 20.6. The second-order valence-corrected chi connectivity index (χ2v) is 8.14. The van der Waals surface area contributed by atoms with E-state index in [-0.39, 0.29) is 34.2 Å². The third-order valence-electron chi connectivity index (χ3n) is 4.30. The van der Waals surface area contributed by atoms with Crippen molar-refractivity contribution in [2.45, 2.75) is 4.90 Å². The Balaban J connectivity index is 1.87. The minimum absolute atomic E-state index is 0.0782. The molecule has 3 rings (SSSR count). The summed E-state index contributed by atoms with van der Waals surface area (Å²) >= 11 is 0. The number of amides is 2. The van der Waals surface area contributed by atoms with E-state index in [0.717, 1.165) is 0 Å². The summed E-state index contributed by atoms with van der Waals surface area (Å²) in [5, 5.41) is 5.35. The van der Waals surface area contributed by atoms with E-state index >= 15 is 0 Å². The first-order valence-corrected chi connectivity index (χ1v) is 10.9. The van der Waals surface area contributed by atoms with E-state index in [2.05, 4.69) is 21.9 Å². The summed E-state index contributed by atoms with van der Waals surface area (Å²) < 4.78 is 27.8. The van der Waals surface area contributed by atoms with Gasteiger partial charge in [0.15, 0.2) is 0 Å². The lowest BCUT2D eigenvalue weighted by Crippen LogP contribution is -2.25. The molecule has 3 N–H and O–H groups in total. The van der Waals surface area contributed by atoms with Gasteiger partial charge < -0.3 is 10.6 Å². The molecule has 0 atom stereocenters. The molecule has 0 aromatic heterocycles. The number of rotatable bonds is 8. The molecule has 3 aromatic carbocycles. The zero-order chi connectivity index (χ0) is 22.3. The molecular formula is C23H21N3O4S. The maximum absolute atomic E-state index is 13.0. The number of anilines is 2. The van der Waals surface area contributed by atoms with Crippen molar-refractivity contribution in [3.8, 4) is 0 Å². The summed E-state index contributed by atoms with van der Waals surface area (Å²) in [6.45, 7) is 3.84. The average Bonchev–Trinajstić information content (AvgIpc) is 2.78. The van der Waals surface area contributed by atoms with Crippen LogP contribution in [0.25, 0.3) is 0 Å². The number of hydrogen-bond acceptors (Lipinski definition) is 4. The summed E-state index contributed by atoms with van der Waals surface area (Å²) in [6.07, 6.45) is 1.55. The van der Waals surface area contributed by atoms with Crippen LogP contribution in [0.2, 0.25) is 0 Å². The summed E-state index contributed by atoms with van der Waals surface area (Å²) in [7, 11) is -3.88. The molecule has 31 heavy (non-hydrogen) atoms. The van der Waals surface area contributed by atoms with Crippen LogP contribution in [-0.4, -0.2) is 26.8 Å². The van der Waals surface area contributed by atoms with E-state index in [1.165, 1.54) is 24.3 Å². The fourth-order valence-electron chi connectivity index (χ4n) is 2.81.